The Bertz CT molecular complexity index is 1080. The number of hydrogen-bond donors (Lipinski definition) is 3. The first-order chi connectivity index (χ1) is 15.5. The molecule has 0 bridgehead atoms. The number of benzene rings is 2. The molecule has 3 N–H and O–H groups in total. The van der Waals surface area contributed by atoms with Crippen LogP contribution in [-0.2, 0) is 4.79 Å². The van der Waals surface area contributed by atoms with Crippen molar-refractivity contribution >= 4 is 12.0 Å². The predicted octanol–water partition coefficient (Wildman–Crippen LogP) is 4.43. The fourth-order valence-corrected chi connectivity index (χ4v) is 4.22. The Kier molecular flexibility index (Phi) is 6.53. The lowest BCUT2D eigenvalue weighted by molar-refractivity contribution is -0.145. The maximum Gasteiger partial charge on any atom is 0.306 e. The van der Waals surface area contributed by atoms with Crippen molar-refractivity contribution in [2.75, 3.05) is 6.61 Å². The normalized spacial score (nSPS) is 20.1. The van der Waals surface area contributed by atoms with Crippen molar-refractivity contribution in [1.82, 2.24) is 9.55 Å². The van der Waals surface area contributed by atoms with Gasteiger partial charge in [0.25, 0.3) is 0 Å². The molecule has 32 heavy (non-hydrogen) atoms. The summed E-state index contributed by atoms with van der Waals surface area (Å²) in [5.74, 6) is -0.0151. The first-order valence-electron chi connectivity index (χ1n) is 10.9. The molecule has 166 valence electrons. The number of hydrogen-bond acceptors (Lipinski definition) is 4. The summed E-state index contributed by atoms with van der Waals surface area (Å²) in [4.78, 5) is 15.2. The molecule has 1 heterocycles. The highest BCUT2D eigenvalue weighted by Gasteiger charge is 2.35. The van der Waals surface area contributed by atoms with Crippen LogP contribution in [0.4, 0.5) is 0 Å². The molecule has 1 aliphatic rings. The van der Waals surface area contributed by atoms with Crippen LogP contribution >= 0.6 is 0 Å². The molecule has 1 aromatic heterocycles. The van der Waals surface area contributed by atoms with Crippen molar-refractivity contribution in [3.63, 3.8) is 0 Å². The first kappa shape index (κ1) is 22.0. The molecule has 2 aromatic carbocycles. The van der Waals surface area contributed by atoms with E-state index in [2.05, 4.69) is 41.4 Å². The second kappa shape index (κ2) is 9.51. The van der Waals surface area contributed by atoms with Crippen LogP contribution in [-0.4, -0.2) is 37.4 Å². The maximum atomic E-state index is 11.0. The molecule has 1 aliphatic carbocycles. The average molecular weight is 433 g/mol. The molecule has 0 aliphatic heterocycles. The Morgan fingerprint density at radius 3 is 2.31 bits per heavy atom. The first-order valence-corrected chi connectivity index (χ1v) is 10.9. The fourth-order valence-electron chi connectivity index (χ4n) is 4.22. The lowest BCUT2D eigenvalue weighted by Gasteiger charge is -2.32. The summed E-state index contributed by atoms with van der Waals surface area (Å²) >= 11 is 0. The van der Waals surface area contributed by atoms with Crippen LogP contribution in [0.5, 0.6) is 0 Å². The van der Waals surface area contributed by atoms with E-state index in [-0.39, 0.29) is 18.6 Å². The van der Waals surface area contributed by atoms with E-state index in [9.17, 15) is 15.0 Å². The largest absolute Gasteiger partial charge is 0.481 e. The molecule has 0 saturated heterocycles. The van der Waals surface area contributed by atoms with Gasteiger partial charge in [-0.15, -0.1) is 0 Å². The molecule has 1 fully saturated rings. The molecule has 1 saturated carbocycles. The molecule has 6 nitrogen and oxygen atoms in total. The van der Waals surface area contributed by atoms with Gasteiger partial charge in [0.05, 0.1) is 18.6 Å². The van der Waals surface area contributed by atoms with Crippen LogP contribution in [0.3, 0.4) is 0 Å². The lowest BCUT2D eigenvalue weighted by atomic mass is 9.71. The van der Waals surface area contributed by atoms with Gasteiger partial charge >= 0.3 is 5.97 Å². The smallest absolute Gasteiger partial charge is 0.306 e. The van der Waals surface area contributed by atoms with Crippen molar-refractivity contribution in [2.24, 2.45) is 5.92 Å². The number of carboxylic acid groups (broad SMARTS) is 1. The maximum absolute atomic E-state index is 11.0. The van der Waals surface area contributed by atoms with E-state index in [1.54, 1.807) is 23.9 Å². The van der Waals surface area contributed by atoms with Gasteiger partial charge in [0.15, 0.2) is 0 Å². The standard InChI is InChI=1S/C26H28N2O4/c1-17(30)25-27-12-13-28(25)24(16-29)11-4-18-2-5-19(6-3-18)20-7-9-21(10-8-20)22-14-23(15-22)26(31)32/h2-13,17,22-24,29-30H,14-16H2,1H3,(H,31,32)/b11-4+. The van der Waals surface area contributed by atoms with Crippen LogP contribution in [0.2, 0.25) is 0 Å². The monoisotopic (exact) mass is 432 g/mol. The van der Waals surface area contributed by atoms with Crippen molar-refractivity contribution in [3.05, 3.63) is 84.0 Å². The van der Waals surface area contributed by atoms with Crippen molar-refractivity contribution in [3.8, 4) is 11.1 Å². The zero-order chi connectivity index (χ0) is 22.7. The topological polar surface area (TPSA) is 95.6 Å². The highest BCUT2D eigenvalue weighted by molar-refractivity contribution is 5.72. The number of aromatic nitrogens is 2. The number of aliphatic carboxylic acids is 1. The number of nitrogens with zero attached hydrogens (tertiary/aromatic N) is 2. The average Bonchev–Trinajstić information content (AvgIpc) is 3.24. The van der Waals surface area contributed by atoms with Gasteiger partial charge in [0.2, 0.25) is 0 Å². The van der Waals surface area contributed by atoms with E-state index in [0.717, 1.165) is 29.5 Å². The molecule has 6 heteroatoms. The van der Waals surface area contributed by atoms with Crippen LogP contribution in [0.1, 0.15) is 54.8 Å². The second-order valence-corrected chi connectivity index (χ2v) is 8.43. The summed E-state index contributed by atoms with van der Waals surface area (Å²) in [6.45, 7) is 1.56. The van der Waals surface area contributed by atoms with Crippen LogP contribution in [0.25, 0.3) is 17.2 Å². The summed E-state index contributed by atoms with van der Waals surface area (Å²) in [5.41, 5.74) is 4.44. The van der Waals surface area contributed by atoms with Gasteiger partial charge in [-0.2, -0.15) is 0 Å². The highest BCUT2D eigenvalue weighted by atomic mass is 16.4. The Labute approximate surface area is 187 Å². The SMILES string of the molecule is CC(O)c1nccn1C(/C=C/c1ccc(-c2ccc(C3CC(C(=O)O)C3)cc2)cc1)CO. The summed E-state index contributed by atoms with van der Waals surface area (Å²) in [6, 6.07) is 16.3. The number of aliphatic hydroxyl groups is 2. The van der Waals surface area contributed by atoms with Crippen molar-refractivity contribution in [2.45, 2.75) is 37.8 Å². The van der Waals surface area contributed by atoms with Gasteiger partial charge in [0, 0.05) is 12.4 Å². The van der Waals surface area contributed by atoms with Crippen LogP contribution < -0.4 is 0 Å². The Morgan fingerprint density at radius 1 is 1.12 bits per heavy atom. The molecule has 2 atom stereocenters. The van der Waals surface area contributed by atoms with E-state index < -0.39 is 12.1 Å². The zero-order valence-corrected chi connectivity index (χ0v) is 18.0. The predicted molar refractivity (Wildman–Crippen MR) is 123 cm³/mol. The van der Waals surface area contributed by atoms with E-state index >= 15 is 0 Å². The third-order valence-electron chi connectivity index (χ3n) is 6.24. The molecule has 2 unspecified atom stereocenters. The van der Waals surface area contributed by atoms with Gasteiger partial charge < -0.3 is 19.9 Å². The molecule has 0 radical (unpaired) electrons. The van der Waals surface area contributed by atoms with Gasteiger partial charge in [-0.05, 0) is 47.9 Å². The van der Waals surface area contributed by atoms with Gasteiger partial charge in [0.1, 0.15) is 11.9 Å². The third-order valence-corrected chi connectivity index (χ3v) is 6.24. The van der Waals surface area contributed by atoms with Crippen molar-refractivity contribution in [1.29, 1.82) is 0 Å². The Hall–Kier alpha value is -3.22. The van der Waals surface area contributed by atoms with E-state index in [4.69, 9.17) is 5.11 Å². The van der Waals surface area contributed by atoms with Gasteiger partial charge in [-0.1, -0.05) is 60.7 Å². The molecule has 0 spiro atoms. The van der Waals surface area contributed by atoms with Crippen LogP contribution in [0, 0.1) is 5.92 Å². The zero-order valence-electron chi connectivity index (χ0n) is 18.0. The summed E-state index contributed by atoms with van der Waals surface area (Å²) in [6.07, 6.45) is 7.97. The van der Waals surface area contributed by atoms with E-state index in [0.29, 0.717) is 11.7 Å². The Balaban J connectivity index is 1.41. The Morgan fingerprint density at radius 2 is 1.75 bits per heavy atom. The number of rotatable bonds is 8. The lowest BCUT2D eigenvalue weighted by Crippen LogP contribution is -2.28. The molecular formula is C26H28N2O4. The number of aliphatic hydroxyl groups excluding tert-OH is 2. The quantitative estimate of drug-likeness (QED) is 0.489. The van der Waals surface area contributed by atoms with Gasteiger partial charge in [-0.25, -0.2) is 4.98 Å². The second-order valence-electron chi connectivity index (χ2n) is 8.43. The minimum absolute atomic E-state index is 0.0920. The number of imidazole rings is 1. The summed E-state index contributed by atoms with van der Waals surface area (Å²) in [5, 5.41) is 28.7. The third kappa shape index (κ3) is 4.66. The highest BCUT2D eigenvalue weighted by Crippen LogP contribution is 2.42. The number of carboxylic acids is 1. The fraction of sp³-hybridized carbons (Fsp3) is 0.308. The molecule has 3 aromatic rings. The molecule has 0 amide bonds. The minimum atomic E-state index is -0.707. The summed E-state index contributed by atoms with van der Waals surface area (Å²) < 4.78 is 1.78. The summed E-state index contributed by atoms with van der Waals surface area (Å²) in [7, 11) is 0. The van der Waals surface area contributed by atoms with E-state index in [1.165, 1.54) is 5.56 Å². The molecular weight excluding hydrogens is 404 g/mol. The van der Waals surface area contributed by atoms with Crippen molar-refractivity contribution < 1.29 is 20.1 Å². The van der Waals surface area contributed by atoms with Gasteiger partial charge in [-0.3, -0.25) is 4.79 Å². The molecule has 4 rings (SSSR count). The number of carbonyl (C=O) groups is 1. The van der Waals surface area contributed by atoms with E-state index in [1.807, 2.05) is 24.3 Å². The van der Waals surface area contributed by atoms with Crippen LogP contribution in [0.15, 0.2) is 67.0 Å². The minimum Gasteiger partial charge on any atom is -0.481 e.